The molecule has 0 amide bonds. The van der Waals surface area contributed by atoms with Crippen LogP contribution in [0.3, 0.4) is 0 Å². The number of hydrogen-bond acceptors (Lipinski definition) is 2. The van der Waals surface area contributed by atoms with Crippen molar-refractivity contribution >= 4 is 11.3 Å². The smallest absolute Gasteiger partial charge is 0.261 e. The largest absolute Gasteiger partial charge is 0.319 e. The summed E-state index contributed by atoms with van der Waals surface area (Å²) in [7, 11) is 1.71. The van der Waals surface area contributed by atoms with Crippen LogP contribution in [0.5, 0.6) is 0 Å². The number of hydrogen-bond donors (Lipinski definition) is 1. The van der Waals surface area contributed by atoms with Gasteiger partial charge in [0.1, 0.15) is 0 Å². The number of rotatable bonds is 3. The lowest BCUT2D eigenvalue weighted by atomic mass is 10.3. The van der Waals surface area contributed by atoms with Gasteiger partial charge in [-0.25, -0.2) is 8.78 Å². The fourth-order valence-corrected chi connectivity index (χ4v) is 2.66. The molecule has 2 rings (SSSR count). The van der Waals surface area contributed by atoms with Crippen LogP contribution in [0.1, 0.15) is 10.8 Å². The van der Waals surface area contributed by atoms with Gasteiger partial charge in [-0.3, -0.25) is 0 Å². The maximum atomic E-state index is 13.2. The molecule has 0 unspecified atom stereocenters. The topological polar surface area (TPSA) is 12.0 Å². The van der Waals surface area contributed by atoms with E-state index >= 15 is 0 Å². The maximum absolute atomic E-state index is 13.2. The highest BCUT2D eigenvalue weighted by Gasteiger charge is 2.68. The van der Waals surface area contributed by atoms with E-state index in [9.17, 15) is 8.78 Å². The first-order valence-corrected chi connectivity index (χ1v) is 5.11. The van der Waals surface area contributed by atoms with Gasteiger partial charge in [-0.15, -0.1) is 11.3 Å². The second-order valence-electron chi connectivity index (χ2n) is 3.33. The lowest BCUT2D eigenvalue weighted by Gasteiger charge is -1.92. The fourth-order valence-electron chi connectivity index (χ4n) is 1.72. The van der Waals surface area contributed by atoms with E-state index in [1.807, 2.05) is 11.4 Å². The van der Waals surface area contributed by atoms with Crippen molar-refractivity contribution < 1.29 is 8.78 Å². The molecule has 1 heterocycles. The van der Waals surface area contributed by atoms with Gasteiger partial charge in [0.2, 0.25) is 0 Å². The highest BCUT2D eigenvalue weighted by Crippen LogP contribution is 2.61. The molecule has 1 saturated carbocycles. The van der Waals surface area contributed by atoms with E-state index in [1.165, 1.54) is 11.3 Å². The maximum Gasteiger partial charge on any atom is 0.261 e. The fraction of sp³-hybridized carbons (Fsp3) is 0.556. The number of thiophene rings is 1. The van der Waals surface area contributed by atoms with Crippen molar-refractivity contribution in [2.75, 3.05) is 13.6 Å². The van der Waals surface area contributed by atoms with E-state index in [-0.39, 0.29) is 0 Å². The minimum atomic E-state index is -2.49. The molecule has 0 saturated heterocycles. The van der Waals surface area contributed by atoms with Crippen LogP contribution in [0.4, 0.5) is 8.78 Å². The van der Waals surface area contributed by atoms with Crippen LogP contribution in [0, 0.1) is 5.92 Å². The van der Waals surface area contributed by atoms with E-state index in [1.54, 1.807) is 13.1 Å². The Bertz CT molecular complexity index is 284. The molecule has 0 radical (unpaired) electrons. The van der Waals surface area contributed by atoms with Crippen molar-refractivity contribution in [3.8, 4) is 0 Å². The Kier molecular flexibility index (Phi) is 2.12. The predicted octanol–water partition coefficient (Wildman–Crippen LogP) is 2.32. The summed E-state index contributed by atoms with van der Waals surface area (Å²) >= 11 is 1.42. The Morgan fingerprint density at radius 3 is 2.92 bits per heavy atom. The van der Waals surface area contributed by atoms with Crippen LogP contribution in [-0.2, 0) is 0 Å². The van der Waals surface area contributed by atoms with Gasteiger partial charge >= 0.3 is 0 Å². The Morgan fingerprint density at radius 2 is 2.38 bits per heavy atom. The van der Waals surface area contributed by atoms with Gasteiger partial charge in [-0.2, -0.15) is 0 Å². The summed E-state index contributed by atoms with van der Waals surface area (Å²) in [6, 6.07) is 3.61. The highest BCUT2D eigenvalue weighted by molar-refractivity contribution is 7.10. The van der Waals surface area contributed by atoms with Crippen LogP contribution in [0.15, 0.2) is 17.5 Å². The summed E-state index contributed by atoms with van der Waals surface area (Å²) in [5, 5.41) is 4.65. The van der Waals surface area contributed by atoms with Crippen molar-refractivity contribution in [3.63, 3.8) is 0 Å². The first kappa shape index (κ1) is 9.09. The van der Waals surface area contributed by atoms with Gasteiger partial charge in [0.15, 0.2) is 0 Å². The minimum absolute atomic E-state index is 0.398. The Labute approximate surface area is 79.8 Å². The number of halogens is 2. The first-order valence-electron chi connectivity index (χ1n) is 4.23. The summed E-state index contributed by atoms with van der Waals surface area (Å²) in [5.74, 6) is -3.54. The molecular weight excluding hydrogens is 192 g/mol. The molecule has 0 aliphatic heterocycles. The number of nitrogens with one attached hydrogen (secondary N) is 1. The van der Waals surface area contributed by atoms with Gasteiger partial charge in [-0.1, -0.05) is 6.07 Å². The van der Waals surface area contributed by atoms with Crippen molar-refractivity contribution in [1.29, 1.82) is 0 Å². The van der Waals surface area contributed by atoms with Crippen molar-refractivity contribution in [1.82, 2.24) is 5.32 Å². The standard InChI is InChI=1S/C9H11F2NS/c1-12-5-6-8(9(6,10)11)7-3-2-4-13-7/h2-4,6,8,12H,5H2,1H3/t6-,8+/m1/s1. The highest BCUT2D eigenvalue weighted by atomic mass is 32.1. The van der Waals surface area contributed by atoms with Gasteiger partial charge in [-0.05, 0) is 18.5 Å². The molecule has 4 heteroatoms. The van der Waals surface area contributed by atoms with Crippen LogP contribution in [-0.4, -0.2) is 19.5 Å². The molecule has 72 valence electrons. The Morgan fingerprint density at radius 1 is 1.62 bits per heavy atom. The molecule has 0 spiro atoms. The minimum Gasteiger partial charge on any atom is -0.319 e. The molecule has 2 atom stereocenters. The molecule has 1 fully saturated rings. The molecule has 13 heavy (non-hydrogen) atoms. The normalized spacial score (nSPS) is 30.4. The second kappa shape index (κ2) is 3.03. The first-order chi connectivity index (χ1) is 6.18. The lowest BCUT2D eigenvalue weighted by molar-refractivity contribution is 0.0938. The van der Waals surface area contributed by atoms with Crippen LogP contribution in [0.25, 0.3) is 0 Å². The average molecular weight is 203 g/mol. The Balaban J connectivity index is 2.11. The lowest BCUT2D eigenvalue weighted by Crippen LogP contribution is -2.13. The summed E-state index contributed by atoms with van der Waals surface area (Å²) in [5.41, 5.74) is 0. The summed E-state index contributed by atoms with van der Waals surface area (Å²) in [6.07, 6.45) is 0. The van der Waals surface area contributed by atoms with E-state index in [0.717, 1.165) is 4.88 Å². The molecule has 1 aliphatic carbocycles. The van der Waals surface area contributed by atoms with Gasteiger partial charge in [0, 0.05) is 17.3 Å². The van der Waals surface area contributed by atoms with Crippen molar-refractivity contribution in [2.45, 2.75) is 11.8 Å². The van der Waals surface area contributed by atoms with Gasteiger partial charge in [0.25, 0.3) is 5.92 Å². The molecule has 0 bridgehead atoms. The molecule has 1 nitrogen and oxygen atoms in total. The van der Waals surface area contributed by atoms with Crippen LogP contribution < -0.4 is 5.32 Å². The third-order valence-electron chi connectivity index (χ3n) is 2.48. The zero-order valence-corrected chi connectivity index (χ0v) is 8.07. The second-order valence-corrected chi connectivity index (χ2v) is 4.31. The quantitative estimate of drug-likeness (QED) is 0.795. The zero-order valence-electron chi connectivity index (χ0n) is 7.26. The monoisotopic (exact) mass is 203 g/mol. The molecule has 1 N–H and O–H groups in total. The van der Waals surface area contributed by atoms with Gasteiger partial charge < -0.3 is 5.32 Å². The summed E-state index contributed by atoms with van der Waals surface area (Å²) in [6.45, 7) is 0.398. The SMILES string of the molecule is CNC[C@@H]1[C@@H](c2cccs2)C1(F)F. The average Bonchev–Trinajstić information content (AvgIpc) is 2.56. The number of alkyl halides is 2. The summed E-state index contributed by atoms with van der Waals surface area (Å²) < 4.78 is 26.4. The van der Waals surface area contributed by atoms with E-state index < -0.39 is 17.8 Å². The molecule has 1 aliphatic rings. The van der Waals surface area contributed by atoms with Gasteiger partial charge in [0.05, 0.1) is 5.92 Å². The molecule has 0 aromatic carbocycles. The molecule has 1 aromatic heterocycles. The molecular formula is C9H11F2NS. The Hall–Kier alpha value is -0.480. The molecule has 1 aromatic rings. The van der Waals surface area contributed by atoms with Crippen molar-refractivity contribution in [3.05, 3.63) is 22.4 Å². The van der Waals surface area contributed by atoms with Crippen molar-refractivity contribution in [2.24, 2.45) is 5.92 Å². The van der Waals surface area contributed by atoms with Crippen LogP contribution >= 0.6 is 11.3 Å². The van der Waals surface area contributed by atoms with Crippen LogP contribution in [0.2, 0.25) is 0 Å². The predicted molar refractivity (Wildman–Crippen MR) is 49.4 cm³/mol. The zero-order chi connectivity index (χ0) is 9.47. The summed E-state index contributed by atoms with van der Waals surface area (Å²) in [4.78, 5) is 0.810. The van der Waals surface area contributed by atoms with E-state index in [4.69, 9.17) is 0 Å². The third-order valence-corrected chi connectivity index (χ3v) is 3.43. The van der Waals surface area contributed by atoms with E-state index in [2.05, 4.69) is 5.32 Å². The van der Waals surface area contributed by atoms with E-state index in [0.29, 0.717) is 6.54 Å². The third kappa shape index (κ3) is 1.38.